The molecule has 0 saturated heterocycles. The van der Waals surface area contributed by atoms with E-state index in [1.807, 2.05) is 41.9 Å². The van der Waals surface area contributed by atoms with Crippen molar-refractivity contribution in [3.05, 3.63) is 42.1 Å². The Labute approximate surface area is 107 Å². The maximum Gasteiger partial charge on any atom is 0.128 e. The van der Waals surface area contributed by atoms with Gasteiger partial charge < -0.3 is 14.6 Å². The van der Waals surface area contributed by atoms with Gasteiger partial charge in [0.05, 0.1) is 12.6 Å². The number of pyridine rings is 1. The first-order valence-corrected chi connectivity index (χ1v) is 5.89. The van der Waals surface area contributed by atoms with Crippen LogP contribution >= 0.6 is 0 Å². The molecule has 0 fully saturated rings. The van der Waals surface area contributed by atoms with Crippen molar-refractivity contribution in [3.8, 4) is 0 Å². The van der Waals surface area contributed by atoms with Crippen LogP contribution in [0, 0.1) is 0 Å². The lowest BCUT2D eigenvalue weighted by Gasteiger charge is -2.18. The maximum absolute atomic E-state index is 9.57. The maximum atomic E-state index is 9.57. The lowest BCUT2D eigenvalue weighted by atomic mass is 10.2. The van der Waals surface area contributed by atoms with Gasteiger partial charge in [0.1, 0.15) is 11.6 Å². The number of rotatable bonds is 4. The van der Waals surface area contributed by atoms with Crippen molar-refractivity contribution in [2.75, 3.05) is 11.9 Å². The fourth-order valence-corrected chi connectivity index (χ4v) is 1.74. The SMILES string of the molecule is C[C@H](O)c1ccnc(N(C)Cc2nccn2C)c1. The molecular formula is C13H18N4O. The quantitative estimate of drug-likeness (QED) is 0.888. The third kappa shape index (κ3) is 2.68. The summed E-state index contributed by atoms with van der Waals surface area (Å²) >= 11 is 0. The summed E-state index contributed by atoms with van der Waals surface area (Å²) in [5, 5.41) is 9.57. The van der Waals surface area contributed by atoms with Gasteiger partial charge in [0.2, 0.25) is 0 Å². The van der Waals surface area contributed by atoms with Gasteiger partial charge in [-0.1, -0.05) is 0 Å². The van der Waals surface area contributed by atoms with Gasteiger partial charge in [-0.05, 0) is 24.6 Å². The molecule has 0 saturated carbocycles. The molecule has 2 rings (SSSR count). The second-order valence-corrected chi connectivity index (χ2v) is 4.43. The van der Waals surface area contributed by atoms with E-state index in [1.54, 1.807) is 19.3 Å². The van der Waals surface area contributed by atoms with E-state index in [-0.39, 0.29) is 0 Å². The Morgan fingerprint density at radius 2 is 2.17 bits per heavy atom. The van der Waals surface area contributed by atoms with Crippen molar-refractivity contribution in [3.63, 3.8) is 0 Å². The van der Waals surface area contributed by atoms with Crippen molar-refractivity contribution >= 4 is 5.82 Å². The number of hydrogen-bond acceptors (Lipinski definition) is 4. The number of aliphatic hydroxyl groups excluding tert-OH is 1. The monoisotopic (exact) mass is 246 g/mol. The summed E-state index contributed by atoms with van der Waals surface area (Å²) in [7, 11) is 3.93. The molecule has 0 aliphatic rings. The molecule has 0 aliphatic carbocycles. The Hall–Kier alpha value is -1.88. The van der Waals surface area contributed by atoms with Crippen LogP contribution in [-0.2, 0) is 13.6 Å². The van der Waals surface area contributed by atoms with E-state index < -0.39 is 6.10 Å². The molecule has 1 atom stereocenters. The molecule has 2 aromatic heterocycles. The van der Waals surface area contributed by atoms with Crippen LogP contribution in [0.3, 0.4) is 0 Å². The summed E-state index contributed by atoms with van der Waals surface area (Å²) in [6, 6.07) is 3.72. The number of aromatic nitrogens is 3. The first kappa shape index (κ1) is 12.6. The Kier molecular flexibility index (Phi) is 3.62. The van der Waals surface area contributed by atoms with Crippen molar-refractivity contribution in [2.24, 2.45) is 7.05 Å². The molecule has 5 nitrogen and oxygen atoms in total. The normalized spacial score (nSPS) is 12.4. The van der Waals surface area contributed by atoms with E-state index >= 15 is 0 Å². The Balaban J connectivity index is 2.16. The van der Waals surface area contributed by atoms with Crippen molar-refractivity contribution in [1.29, 1.82) is 0 Å². The van der Waals surface area contributed by atoms with Crippen LogP contribution in [0.25, 0.3) is 0 Å². The number of aliphatic hydroxyl groups is 1. The predicted molar refractivity (Wildman–Crippen MR) is 70.2 cm³/mol. The lowest BCUT2D eigenvalue weighted by Crippen LogP contribution is -2.20. The molecule has 2 aromatic rings. The zero-order valence-electron chi connectivity index (χ0n) is 10.9. The van der Waals surface area contributed by atoms with Gasteiger partial charge in [-0.25, -0.2) is 9.97 Å². The number of anilines is 1. The summed E-state index contributed by atoms with van der Waals surface area (Å²) < 4.78 is 1.98. The van der Waals surface area contributed by atoms with Gasteiger partial charge >= 0.3 is 0 Å². The molecular weight excluding hydrogens is 228 g/mol. The van der Waals surface area contributed by atoms with Gasteiger partial charge in [0.15, 0.2) is 0 Å². The molecule has 0 amide bonds. The largest absolute Gasteiger partial charge is 0.389 e. The molecule has 0 aromatic carbocycles. The zero-order chi connectivity index (χ0) is 13.1. The zero-order valence-corrected chi connectivity index (χ0v) is 10.9. The first-order valence-electron chi connectivity index (χ1n) is 5.89. The van der Waals surface area contributed by atoms with Gasteiger partial charge in [-0.2, -0.15) is 0 Å². The number of aryl methyl sites for hydroxylation is 1. The minimum atomic E-state index is -0.478. The van der Waals surface area contributed by atoms with Gasteiger partial charge in [0, 0.05) is 32.7 Å². The standard InChI is InChI=1S/C13H18N4O/c1-10(18)11-4-5-14-12(8-11)17(3)9-13-15-6-7-16(13)2/h4-8,10,18H,9H2,1-3H3/t10-/m0/s1. The van der Waals surface area contributed by atoms with Crippen LogP contribution in [0.4, 0.5) is 5.82 Å². The van der Waals surface area contributed by atoms with Crippen molar-refractivity contribution in [1.82, 2.24) is 14.5 Å². The van der Waals surface area contributed by atoms with Crippen molar-refractivity contribution < 1.29 is 5.11 Å². The Morgan fingerprint density at radius 3 is 2.78 bits per heavy atom. The van der Waals surface area contributed by atoms with Gasteiger partial charge in [0.25, 0.3) is 0 Å². The van der Waals surface area contributed by atoms with E-state index in [1.165, 1.54) is 0 Å². The first-order chi connectivity index (χ1) is 8.58. The molecule has 96 valence electrons. The Morgan fingerprint density at radius 1 is 1.39 bits per heavy atom. The van der Waals surface area contributed by atoms with E-state index in [4.69, 9.17) is 0 Å². The number of nitrogens with zero attached hydrogens (tertiary/aromatic N) is 4. The smallest absolute Gasteiger partial charge is 0.128 e. The van der Waals surface area contributed by atoms with E-state index in [0.29, 0.717) is 6.54 Å². The summed E-state index contributed by atoms with van der Waals surface area (Å²) in [6.45, 7) is 2.43. The summed E-state index contributed by atoms with van der Waals surface area (Å²) in [5.74, 6) is 1.80. The molecule has 0 unspecified atom stereocenters. The van der Waals surface area contributed by atoms with Crippen LogP contribution in [-0.4, -0.2) is 26.7 Å². The van der Waals surface area contributed by atoms with Crippen LogP contribution < -0.4 is 4.90 Å². The molecule has 0 radical (unpaired) electrons. The van der Waals surface area contributed by atoms with Crippen molar-refractivity contribution in [2.45, 2.75) is 19.6 Å². The average molecular weight is 246 g/mol. The molecule has 18 heavy (non-hydrogen) atoms. The van der Waals surface area contributed by atoms with Crippen LogP contribution in [0.1, 0.15) is 24.4 Å². The lowest BCUT2D eigenvalue weighted by molar-refractivity contribution is 0.199. The summed E-state index contributed by atoms with van der Waals surface area (Å²) in [5.41, 5.74) is 0.867. The van der Waals surface area contributed by atoms with Gasteiger partial charge in [-0.3, -0.25) is 0 Å². The van der Waals surface area contributed by atoms with Crippen LogP contribution in [0.15, 0.2) is 30.7 Å². The van der Waals surface area contributed by atoms with E-state index in [9.17, 15) is 5.11 Å². The van der Waals surface area contributed by atoms with E-state index in [0.717, 1.165) is 17.2 Å². The highest BCUT2D eigenvalue weighted by atomic mass is 16.3. The molecule has 0 bridgehead atoms. The highest BCUT2D eigenvalue weighted by Crippen LogP contribution is 2.18. The third-order valence-corrected chi connectivity index (χ3v) is 2.94. The molecule has 2 heterocycles. The minimum absolute atomic E-state index is 0.478. The van der Waals surface area contributed by atoms with Crippen LogP contribution in [0.5, 0.6) is 0 Å². The number of hydrogen-bond donors (Lipinski definition) is 1. The fraction of sp³-hybridized carbons (Fsp3) is 0.385. The molecule has 1 N–H and O–H groups in total. The molecule has 0 aliphatic heterocycles. The summed E-state index contributed by atoms with van der Waals surface area (Å²) in [4.78, 5) is 10.6. The third-order valence-electron chi connectivity index (χ3n) is 2.94. The Bertz CT molecular complexity index is 521. The average Bonchev–Trinajstić information content (AvgIpc) is 2.75. The highest BCUT2D eigenvalue weighted by Gasteiger charge is 2.09. The predicted octanol–water partition coefficient (Wildman–Crippen LogP) is 1.50. The summed E-state index contributed by atoms with van der Waals surface area (Å²) in [6.07, 6.45) is 4.94. The number of imidazole rings is 1. The second-order valence-electron chi connectivity index (χ2n) is 4.43. The topological polar surface area (TPSA) is 54.2 Å². The highest BCUT2D eigenvalue weighted by molar-refractivity contribution is 5.40. The minimum Gasteiger partial charge on any atom is -0.389 e. The van der Waals surface area contributed by atoms with Crippen LogP contribution in [0.2, 0.25) is 0 Å². The molecule has 5 heteroatoms. The fourth-order valence-electron chi connectivity index (χ4n) is 1.74. The second kappa shape index (κ2) is 5.18. The molecule has 0 spiro atoms. The van der Waals surface area contributed by atoms with E-state index in [2.05, 4.69) is 9.97 Å². The van der Waals surface area contributed by atoms with Gasteiger partial charge in [-0.15, -0.1) is 0 Å².